The van der Waals surface area contributed by atoms with Crippen molar-refractivity contribution >= 4 is 34.2 Å². The molecule has 0 spiro atoms. The summed E-state index contributed by atoms with van der Waals surface area (Å²) in [6, 6.07) is 4.70. The average molecular weight is 432 g/mol. The highest BCUT2D eigenvalue weighted by molar-refractivity contribution is 7.14. The standard InChI is InChI=1S/C24H33NO2S2/c1-5-27-24(26)19-9-6-7-11-21(19)25(4)14-8-10-20(22-17(2)12-15-28-22)23-18(3)13-16-29-23/h10,12-13,15-16,19,21H,5-9,11,14H2,1-4H3/t19-,21+/m1/s1. The molecule has 2 heterocycles. The van der Waals surface area contributed by atoms with Crippen LogP contribution < -0.4 is 0 Å². The van der Waals surface area contributed by atoms with Crippen molar-refractivity contribution in [3.8, 4) is 0 Å². The zero-order valence-electron chi connectivity index (χ0n) is 18.1. The van der Waals surface area contributed by atoms with Gasteiger partial charge in [0.2, 0.25) is 0 Å². The molecular formula is C24H33NO2S2. The van der Waals surface area contributed by atoms with E-state index in [-0.39, 0.29) is 11.9 Å². The molecule has 3 rings (SSSR count). The van der Waals surface area contributed by atoms with Crippen LogP contribution in [0.4, 0.5) is 0 Å². The second kappa shape index (κ2) is 10.6. The number of thiophene rings is 2. The van der Waals surface area contributed by atoms with Gasteiger partial charge in [0.1, 0.15) is 0 Å². The molecule has 158 valence electrons. The van der Waals surface area contributed by atoms with Crippen molar-refractivity contribution in [1.82, 2.24) is 4.90 Å². The lowest BCUT2D eigenvalue weighted by molar-refractivity contribution is -0.151. The SMILES string of the molecule is CCOC(=O)[C@@H]1CCCC[C@@H]1N(C)CCC=C(c1sccc1C)c1sccc1C. The Kier molecular flexibility index (Phi) is 8.10. The lowest BCUT2D eigenvalue weighted by Crippen LogP contribution is -2.44. The van der Waals surface area contributed by atoms with E-state index in [1.165, 1.54) is 32.9 Å². The van der Waals surface area contributed by atoms with E-state index in [4.69, 9.17) is 4.74 Å². The first kappa shape index (κ1) is 22.3. The van der Waals surface area contributed by atoms with E-state index in [0.717, 1.165) is 32.2 Å². The molecule has 0 amide bonds. The van der Waals surface area contributed by atoms with Crippen LogP contribution in [0.25, 0.3) is 5.57 Å². The Bertz CT molecular complexity index is 793. The van der Waals surface area contributed by atoms with E-state index >= 15 is 0 Å². The van der Waals surface area contributed by atoms with Crippen molar-refractivity contribution in [3.63, 3.8) is 0 Å². The zero-order chi connectivity index (χ0) is 20.8. The fourth-order valence-corrected chi connectivity index (χ4v) is 6.34. The molecule has 2 aromatic heterocycles. The minimum Gasteiger partial charge on any atom is -0.466 e. The van der Waals surface area contributed by atoms with E-state index in [9.17, 15) is 4.79 Å². The number of carbonyl (C=O) groups excluding carboxylic acids is 1. The molecule has 0 unspecified atom stereocenters. The zero-order valence-corrected chi connectivity index (χ0v) is 19.7. The van der Waals surface area contributed by atoms with Gasteiger partial charge in [0, 0.05) is 27.9 Å². The second-order valence-corrected chi connectivity index (χ2v) is 9.80. The van der Waals surface area contributed by atoms with Gasteiger partial charge in [0.05, 0.1) is 12.5 Å². The number of hydrogen-bond acceptors (Lipinski definition) is 5. The van der Waals surface area contributed by atoms with E-state index in [1.54, 1.807) is 0 Å². The van der Waals surface area contributed by atoms with Gasteiger partial charge in [0.15, 0.2) is 0 Å². The number of rotatable bonds is 8. The molecule has 3 nitrogen and oxygen atoms in total. The molecule has 0 aliphatic heterocycles. The van der Waals surface area contributed by atoms with Crippen LogP contribution in [-0.4, -0.2) is 37.1 Å². The molecule has 29 heavy (non-hydrogen) atoms. The molecular weight excluding hydrogens is 398 g/mol. The summed E-state index contributed by atoms with van der Waals surface area (Å²) in [5.41, 5.74) is 4.05. The summed E-state index contributed by atoms with van der Waals surface area (Å²) in [5.74, 6) is 0.0138. The highest BCUT2D eigenvalue weighted by Gasteiger charge is 2.34. The van der Waals surface area contributed by atoms with Gasteiger partial charge in [-0.25, -0.2) is 0 Å². The topological polar surface area (TPSA) is 29.5 Å². The maximum atomic E-state index is 12.4. The van der Waals surface area contributed by atoms with Crippen LogP contribution in [0.15, 0.2) is 29.0 Å². The molecule has 2 aromatic rings. The summed E-state index contributed by atoms with van der Waals surface area (Å²) < 4.78 is 5.35. The molecule has 0 aromatic carbocycles. The molecule has 1 aliphatic carbocycles. The van der Waals surface area contributed by atoms with E-state index in [2.05, 4.69) is 54.8 Å². The largest absolute Gasteiger partial charge is 0.466 e. The van der Waals surface area contributed by atoms with Crippen LogP contribution in [0.5, 0.6) is 0 Å². The maximum Gasteiger partial charge on any atom is 0.310 e. The Labute approximate surface area is 183 Å². The van der Waals surface area contributed by atoms with Crippen molar-refractivity contribution in [3.05, 3.63) is 49.9 Å². The normalized spacial score (nSPS) is 19.3. The number of nitrogens with zero attached hydrogens (tertiary/aromatic N) is 1. The van der Waals surface area contributed by atoms with Crippen LogP contribution in [0.2, 0.25) is 0 Å². The Hall–Kier alpha value is -1.43. The number of ether oxygens (including phenoxy) is 1. The van der Waals surface area contributed by atoms with Crippen molar-refractivity contribution in [2.75, 3.05) is 20.2 Å². The Morgan fingerprint density at radius 1 is 1.14 bits per heavy atom. The summed E-state index contributed by atoms with van der Waals surface area (Å²) in [7, 11) is 2.17. The van der Waals surface area contributed by atoms with Crippen LogP contribution in [0.3, 0.4) is 0 Å². The first-order chi connectivity index (χ1) is 14.0. The van der Waals surface area contributed by atoms with E-state index < -0.39 is 0 Å². The predicted molar refractivity (Wildman–Crippen MR) is 125 cm³/mol. The number of esters is 1. The first-order valence-electron chi connectivity index (χ1n) is 10.7. The van der Waals surface area contributed by atoms with Crippen LogP contribution in [0, 0.1) is 19.8 Å². The third kappa shape index (κ3) is 5.39. The van der Waals surface area contributed by atoms with E-state index in [1.807, 2.05) is 29.6 Å². The summed E-state index contributed by atoms with van der Waals surface area (Å²) >= 11 is 3.65. The molecule has 0 N–H and O–H groups in total. The number of aryl methyl sites for hydroxylation is 2. The number of hydrogen-bond donors (Lipinski definition) is 0. The highest BCUT2D eigenvalue weighted by Crippen LogP contribution is 2.36. The van der Waals surface area contributed by atoms with Crippen LogP contribution >= 0.6 is 22.7 Å². The summed E-state index contributed by atoms with van der Waals surface area (Å²) in [6.45, 7) is 7.71. The lowest BCUT2D eigenvalue weighted by atomic mass is 9.83. The first-order valence-corrected chi connectivity index (χ1v) is 12.4. The van der Waals surface area contributed by atoms with Crippen molar-refractivity contribution in [2.45, 2.75) is 58.9 Å². The lowest BCUT2D eigenvalue weighted by Gasteiger charge is -2.36. The summed E-state index contributed by atoms with van der Waals surface area (Å²) in [5, 5.41) is 4.36. The van der Waals surface area contributed by atoms with Gasteiger partial charge in [-0.05, 0) is 81.1 Å². The minimum absolute atomic E-state index is 0.0105. The highest BCUT2D eigenvalue weighted by atomic mass is 32.1. The quantitative estimate of drug-likeness (QED) is 0.459. The Morgan fingerprint density at radius 2 is 1.76 bits per heavy atom. The van der Waals surface area contributed by atoms with Crippen LogP contribution in [0.1, 0.15) is 59.9 Å². The van der Waals surface area contributed by atoms with Crippen molar-refractivity contribution in [2.24, 2.45) is 5.92 Å². The van der Waals surface area contributed by atoms with Gasteiger partial charge in [-0.1, -0.05) is 18.9 Å². The molecule has 0 radical (unpaired) electrons. The van der Waals surface area contributed by atoms with Crippen LogP contribution in [-0.2, 0) is 9.53 Å². The van der Waals surface area contributed by atoms with Crippen molar-refractivity contribution < 1.29 is 9.53 Å². The monoisotopic (exact) mass is 431 g/mol. The fraction of sp³-hybridized carbons (Fsp3) is 0.542. The molecule has 1 saturated carbocycles. The van der Waals surface area contributed by atoms with Gasteiger partial charge in [-0.3, -0.25) is 4.79 Å². The maximum absolute atomic E-state index is 12.4. The molecule has 1 fully saturated rings. The van der Waals surface area contributed by atoms with Gasteiger partial charge in [-0.2, -0.15) is 0 Å². The van der Waals surface area contributed by atoms with Crippen molar-refractivity contribution in [1.29, 1.82) is 0 Å². The molecule has 5 heteroatoms. The molecule has 0 bridgehead atoms. The molecule has 1 aliphatic rings. The van der Waals surface area contributed by atoms with E-state index in [0.29, 0.717) is 12.6 Å². The van der Waals surface area contributed by atoms with Gasteiger partial charge in [0.25, 0.3) is 0 Å². The average Bonchev–Trinajstić information content (AvgIpc) is 3.33. The Balaban J connectivity index is 1.72. The summed E-state index contributed by atoms with van der Waals surface area (Å²) in [4.78, 5) is 17.6. The minimum atomic E-state index is -0.0105. The Morgan fingerprint density at radius 3 is 2.31 bits per heavy atom. The molecule has 2 atom stereocenters. The van der Waals surface area contributed by atoms with Gasteiger partial charge >= 0.3 is 5.97 Å². The summed E-state index contributed by atoms with van der Waals surface area (Å²) in [6.07, 6.45) is 7.76. The molecule has 0 saturated heterocycles. The third-order valence-electron chi connectivity index (χ3n) is 5.93. The predicted octanol–water partition coefficient (Wildman–Crippen LogP) is 6.30. The second-order valence-electron chi connectivity index (χ2n) is 7.96. The third-order valence-corrected chi connectivity index (χ3v) is 8.03. The smallest absolute Gasteiger partial charge is 0.310 e. The van der Waals surface area contributed by atoms with Gasteiger partial charge < -0.3 is 9.64 Å². The van der Waals surface area contributed by atoms with Gasteiger partial charge in [-0.15, -0.1) is 22.7 Å². The fourth-order valence-electron chi connectivity index (χ4n) is 4.33. The number of carbonyl (C=O) groups is 1.